The maximum Gasteiger partial charge on any atom is 0.335 e. The number of nitrogens with one attached hydrogen (secondary N) is 1. The Morgan fingerprint density at radius 1 is 1.12 bits per heavy atom. The fraction of sp³-hybridized carbons (Fsp3) is 0.625. The lowest BCUT2D eigenvalue weighted by Gasteiger charge is -2.43. The number of likely N-dealkylation sites (N-methyl/N-ethyl adjacent to an activating group) is 1. The third kappa shape index (κ3) is 4.92. The molecular formula is C32H46N7O3+. The number of benzene rings is 1. The van der Waals surface area contributed by atoms with E-state index in [9.17, 15) is 9.59 Å². The van der Waals surface area contributed by atoms with Gasteiger partial charge in [0.2, 0.25) is 5.91 Å². The van der Waals surface area contributed by atoms with Crippen molar-refractivity contribution in [2.75, 3.05) is 58.2 Å². The first-order chi connectivity index (χ1) is 20.1. The summed E-state index contributed by atoms with van der Waals surface area (Å²) >= 11 is 0. The maximum atomic E-state index is 13.3. The molecule has 2 amide bonds. The molecule has 2 aliphatic heterocycles. The van der Waals surface area contributed by atoms with Crippen LogP contribution in [0.3, 0.4) is 0 Å². The highest BCUT2D eigenvalue weighted by Crippen LogP contribution is 2.43. The second-order valence-corrected chi connectivity index (χ2v) is 13.3. The molecule has 1 aromatic heterocycles. The second-order valence-electron chi connectivity index (χ2n) is 13.3. The second kappa shape index (κ2) is 11.1. The zero-order valence-electron chi connectivity index (χ0n) is 26.0. The number of rotatable bonds is 7. The Morgan fingerprint density at radius 2 is 1.81 bits per heavy atom. The van der Waals surface area contributed by atoms with E-state index in [1.54, 1.807) is 18.2 Å². The highest BCUT2D eigenvalue weighted by atomic mass is 16.5. The number of likely N-dealkylation sites (tertiary alicyclic amines) is 1. The summed E-state index contributed by atoms with van der Waals surface area (Å²) in [6.07, 6.45) is 9.10. The van der Waals surface area contributed by atoms with Gasteiger partial charge in [0.1, 0.15) is 11.7 Å². The Morgan fingerprint density at radius 3 is 2.45 bits per heavy atom. The summed E-state index contributed by atoms with van der Waals surface area (Å²) in [4.78, 5) is 42.9. The van der Waals surface area contributed by atoms with Crippen LogP contribution < -0.4 is 24.3 Å². The van der Waals surface area contributed by atoms with E-state index in [4.69, 9.17) is 14.7 Å². The first-order valence-electron chi connectivity index (χ1n) is 15.6. The van der Waals surface area contributed by atoms with E-state index in [1.807, 2.05) is 39.3 Å². The van der Waals surface area contributed by atoms with Gasteiger partial charge in [0, 0.05) is 43.9 Å². The molecule has 1 saturated heterocycles. The lowest BCUT2D eigenvalue weighted by Crippen LogP contribution is -2.55. The van der Waals surface area contributed by atoms with Crippen molar-refractivity contribution in [1.82, 2.24) is 24.7 Å². The Balaban J connectivity index is 1.27. The van der Waals surface area contributed by atoms with Crippen LogP contribution in [0.1, 0.15) is 62.2 Å². The van der Waals surface area contributed by atoms with E-state index in [0.29, 0.717) is 35.1 Å². The standard InChI is InChI=1S/C32H45N7O3/c1-7-25-31(41)37(3)26-17-33-32(35-29(26)38(25)24-10-8-9-11-24)39(4,5)27-13-12-20(16-28(27)42-6)30(40)34-23-14-21-18-36(2)19-22(21)15-23/h12-13,16-17,21-25H,7-11,14-15,18-19H2,1-6H3/p+1. The van der Waals surface area contributed by atoms with E-state index in [1.165, 1.54) is 12.8 Å². The Kier molecular flexibility index (Phi) is 7.64. The Labute approximate surface area is 249 Å². The quantitative estimate of drug-likeness (QED) is 0.499. The van der Waals surface area contributed by atoms with Crippen molar-refractivity contribution in [2.24, 2.45) is 11.8 Å². The summed E-state index contributed by atoms with van der Waals surface area (Å²) in [5, 5.41) is 3.28. The van der Waals surface area contributed by atoms with Crippen molar-refractivity contribution in [3.05, 3.63) is 30.0 Å². The number of ether oxygens (including phenoxy) is 1. The minimum absolute atomic E-state index is 0.0565. The van der Waals surface area contributed by atoms with E-state index >= 15 is 0 Å². The minimum atomic E-state index is -0.225. The lowest BCUT2D eigenvalue weighted by molar-refractivity contribution is -0.120. The summed E-state index contributed by atoms with van der Waals surface area (Å²) in [6.45, 7) is 4.33. The van der Waals surface area contributed by atoms with Crippen molar-refractivity contribution < 1.29 is 14.3 Å². The van der Waals surface area contributed by atoms with Gasteiger partial charge in [-0.25, -0.2) is 4.48 Å². The number of carbonyl (C=O) groups excluding carboxylic acids is 2. The molecule has 2 aliphatic carbocycles. The van der Waals surface area contributed by atoms with E-state index in [-0.39, 0.29) is 28.4 Å². The molecule has 0 radical (unpaired) electrons. The third-order valence-corrected chi connectivity index (χ3v) is 10.2. The van der Waals surface area contributed by atoms with E-state index in [2.05, 4.69) is 29.1 Å². The zero-order valence-corrected chi connectivity index (χ0v) is 26.0. The molecule has 0 bridgehead atoms. The van der Waals surface area contributed by atoms with Gasteiger partial charge in [-0.05, 0) is 63.1 Å². The number of hydrogen-bond donors (Lipinski definition) is 1. The average Bonchev–Trinajstić information content (AvgIpc) is 3.71. The predicted molar refractivity (Wildman–Crippen MR) is 166 cm³/mol. The average molecular weight is 577 g/mol. The summed E-state index contributed by atoms with van der Waals surface area (Å²) < 4.78 is 6.07. The predicted octanol–water partition coefficient (Wildman–Crippen LogP) is 3.96. The minimum Gasteiger partial charge on any atom is -0.491 e. The molecular weight excluding hydrogens is 530 g/mol. The van der Waals surface area contributed by atoms with Crippen LogP contribution >= 0.6 is 0 Å². The van der Waals surface area contributed by atoms with Crippen LogP contribution in [0.15, 0.2) is 24.4 Å². The van der Waals surface area contributed by atoms with Gasteiger partial charge in [0.05, 0.1) is 27.4 Å². The number of carbonyl (C=O) groups is 2. The van der Waals surface area contributed by atoms with Crippen molar-refractivity contribution >= 4 is 35.0 Å². The number of anilines is 2. The van der Waals surface area contributed by atoms with Gasteiger partial charge >= 0.3 is 5.95 Å². The summed E-state index contributed by atoms with van der Waals surface area (Å²) in [5.74, 6) is 3.46. The highest BCUT2D eigenvalue weighted by molar-refractivity contribution is 6.04. The van der Waals surface area contributed by atoms with E-state index < -0.39 is 0 Å². The fourth-order valence-corrected chi connectivity index (χ4v) is 7.95. The van der Waals surface area contributed by atoms with E-state index in [0.717, 1.165) is 62.4 Å². The van der Waals surface area contributed by atoms with Gasteiger partial charge in [-0.1, -0.05) is 19.8 Å². The first kappa shape index (κ1) is 28.9. The number of quaternary nitrogens is 1. The molecule has 3 unspecified atom stereocenters. The SMILES string of the molecule is CCC1C(=O)N(C)c2cnc([N+](C)(C)c3ccc(C(=O)NC4CC5CN(C)CC5C4)cc3OC)nc2N1C1CCCC1. The Hall–Kier alpha value is -3.24. The summed E-state index contributed by atoms with van der Waals surface area (Å²) in [6, 6.07) is 5.96. The number of amides is 2. The summed E-state index contributed by atoms with van der Waals surface area (Å²) in [5.41, 5.74) is 2.20. The molecule has 226 valence electrons. The molecule has 3 heterocycles. The van der Waals surface area contributed by atoms with Crippen LogP contribution in [0.4, 0.5) is 23.1 Å². The monoisotopic (exact) mass is 576 g/mol. The van der Waals surface area contributed by atoms with Gasteiger partial charge < -0.3 is 24.8 Å². The fourth-order valence-electron chi connectivity index (χ4n) is 7.95. The molecule has 10 heteroatoms. The van der Waals surface area contributed by atoms with Crippen molar-refractivity contribution in [2.45, 2.75) is 70.0 Å². The van der Waals surface area contributed by atoms with Crippen molar-refractivity contribution in [3.8, 4) is 5.75 Å². The smallest absolute Gasteiger partial charge is 0.335 e. The molecule has 0 spiro atoms. The molecule has 3 atom stereocenters. The third-order valence-electron chi connectivity index (χ3n) is 10.2. The number of aromatic nitrogens is 2. The van der Waals surface area contributed by atoms with Crippen LogP contribution in [-0.2, 0) is 4.79 Å². The van der Waals surface area contributed by atoms with Gasteiger partial charge in [-0.3, -0.25) is 9.59 Å². The maximum absolute atomic E-state index is 13.3. The molecule has 1 aromatic carbocycles. The summed E-state index contributed by atoms with van der Waals surface area (Å²) in [7, 11) is 9.70. The molecule has 6 rings (SSSR count). The van der Waals surface area contributed by atoms with Crippen LogP contribution in [0.5, 0.6) is 5.75 Å². The molecule has 42 heavy (non-hydrogen) atoms. The molecule has 1 N–H and O–H groups in total. The topological polar surface area (TPSA) is 90.9 Å². The number of methoxy groups -OCH3 is 1. The van der Waals surface area contributed by atoms with Gasteiger partial charge in [-0.15, -0.1) is 0 Å². The zero-order chi connectivity index (χ0) is 29.8. The number of nitrogens with zero attached hydrogens (tertiary/aromatic N) is 6. The molecule has 2 aromatic rings. The normalized spacial score (nSPS) is 26.5. The lowest BCUT2D eigenvalue weighted by atomic mass is 10.0. The van der Waals surface area contributed by atoms with Crippen molar-refractivity contribution in [3.63, 3.8) is 0 Å². The number of hydrogen-bond acceptors (Lipinski definition) is 7. The van der Waals surface area contributed by atoms with Crippen LogP contribution in [0.25, 0.3) is 0 Å². The van der Waals surface area contributed by atoms with Crippen LogP contribution in [0, 0.1) is 11.8 Å². The largest absolute Gasteiger partial charge is 0.491 e. The Bertz CT molecular complexity index is 1340. The first-order valence-corrected chi connectivity index (χ1v) is 15.6. The van der Waals surface area contributed by atoms with Crippen molar-refractivity contribution in [1.29, 1.82) is 0 Å². The molecule has 3 fully saturated rings. The van der Waals surface area contributed by atoms with Gasteiger partial charge in [0.25, 0.3) is 5.91 Å². The van der Waals surface area contributed by atoms with Crippen LogP contribution in [0.2, 0.25) is 0 Å². The van der Waals surface area contributed by atoms with Gasteiger partial charge in [-0.2, -0.15) is 9.97 Å². The number of fused-ring (bicyclic) bond motifs is 2. The molecule has 4 aliphatic rings. The highest BCUT2D eigenvalue weighted by Gasteiger charge is 2.43. The molecule has 10 nitrogen and oxygen atoms in total. The van der Waals surface area contributed by atoms with Gasteiger partial charge in [0.15, 0.2) is 17.3 Å². The molecule has 2 saturated carbocycles. The van der Waals surface area contributed by atoms with Crippen LogP contribution in [-0.4, -0.2) is 93.2 Å².